The Kier molecular flexibility index (Phi) is 6.04. The lowest BCUT2D eigenvalue weighted by Gasteiger charge is -2.18. The van der Waals surface area contributed by atoms with Gasteiger partial charge >= 0.3 is 0 Å². The van der Waals surface area contributed by atoms with Gasteiger partial charge in [0.1, 0.15) is 0 Å². The van der Waals surface area contributed by atoms with E-state index in [0.29, 0.717) is 0 Å². The van der Waals surface area contributed by atoms with Crippen LogP contribution in [0, 0.1) is 0 Å². The van der Waals surface area contributed by atoms with Crippen LogP contribution in [0.3, 0.4) is 0 Å². The minimum absolute atomic E-state index is 1.11. The normalized spacial score (nSPS) is 13.1. The molecule has 0 radical (unpaired) electrons. The molecule has 0 bridgehead atoms. The van der Waals surface area contributed by atoms with Crippen LogP contribution >= 0.6 is 0 Å². The molecule has 0 aromatic heterocycles. The van der Waals surface area contributed by atoms with Gasteiger partial charge in [-0.15, -0.1) is 0 Å². The molecular weight excluding hydrogens is 504 g/mol. The highest BCUT2D eigenvalue weighted by Gasteiger charge is 2.17. The maximum atomic E-state index is 2.37. The lowest BCUT2D eigenvalue weighted by molar-refractivity contribution is 1.04. The fraction of sp³-hybridized carbons (Fsp3) is 0.0476. The molecule has 0 unspecified atom stereocenters. The van der Waals surface area contributed by atoms with Gasteiger partial charge in [-0.25, -0.2) is 0 Å². The van der Waals surface area contributed by atoms with Gasteiger partial charge < -0.3 is 0 Å². The Morgan fingerprint density at radius 2 is 0.881 bits per heavy atom. The summed E-state index contributed by atoms with van der Waals surface area (Å²) >= 11 is 0. The SMILES string of the molecule is C1=CC(c2cccc(-c3cccc(-c4c5ccccc5c(-c5ccc6ccccc6c5)c5ccccc45)c3)c2)=CCC1. The second-order valence-corrected chi connectivity index (χ2v) is 11.2. The lowest BCUT2D eigenvalue weighted by atomic mass is 9.85. The van der Waals surface area contributed by atoms with Crippen molar-refractivity contribution in [1.29, 1.82) is 0 Å². The van der Waals surface area contributed by atoms with E-state index in [1.165, 1.54) is 76.8 Å². The van der Waals surface area contributed by atoms with Crippen molar-refractivity contribution in [2.24, 2.45) is 0 Å². The third kappa shape index (κ3) is 4.24. The topological polar surface area (TPSA) is 0 Å². The first-order valence-corrected chi connectivity index (χ1v) is 14.8. The highest BCUT2D eigenvalue weighted by Crippen LogP contribution is 2.44. The summed E-state index contributed by atoms with van der Waals surface area (Å²) in [6, 6.07) is 51.4. The van der Waals surface area contributed by atoms with E-state index < -0.39 is 0 Å². The van der Waals surface area contributed by atoms with Gasteiger partial charge in [0.2, 0.25) is 0 Å². The second kappa shape index (κ2) is 10.3. The maximum Gasteiger partial charge on any atom is -0.00262 e. The largest absolute Gasteiger partial charge is 0.0836 e. The van der Waals surface area contributed by atoms with E-state index in [-0.39, 0.29) is 0 Å². The molecular formula is C42H30. The summed E-state index contributed by atoms with van der Waals surface area (Å²) in [5, 5.41) is 7.66. The van der Waals surface area contributed by atoms with Crippen molar-refractivity contribution < 1.29 is 0 Å². The number of hydrogen-bond acceptors (Lipinski definition) is 0. The molecule has 42 heavy (non-hydrogen) atoms. The molecule has 0 N–H and O–H groups in total. The maximum absolute atomic E-state index is 2.37. The van der Waals surface area contributed by atoms with Crippen molar-refractivity contribution in [2.45, 2.75) is 12.8 Å². The van der Waals surface area contributed by atoms with Crippen LogP contribution in [0.15, 0.2) is 158 Å². The van der Waals surface area contributed by atoms with Gasteiger partial charge in [-0.3, -0.25) is 0 Å². The predicted octanol–water partition coefficient (Wildman–Crippen LogP) is 11.9. The van der Waals surface area contributed by atoms with Crippen LogP contribution < -0.4 is 0 Å². The summed E-state index contributed by atoms with van der Waals surface area (Å²) in [5.74, 6) is 0. The zero-order chi connectivity index (χ0) is 27.9. The quantitative estimate of drug-likeness (QED) is 0.197. The third-order valence-corrected chi connectivity index (χ3v) is 8.65. The van der Waals surface area contributed by atoms with Gasteiger partial charge in [0.15, 0.2) is 0 Å². The zero-order valence-corrected chi connectivity index (χ0v) is 23.4. The first kappa shape index (κ1) is 24.6. The van der Waals surface area contributed by atoms with Crippen molar-refractivity contribution in [3.8, 4) is 33.4 Å². The summed E-state index contributed by atoms with van der Waals surface area (Å²) in [6.07, 6.45) is 9.13. The Balaban J connectivity index is 1.34. The van der Waals surface area contributed by atoms with Crippen LogP contribution in [0.5, 0.6) is 0 Å². The van der Waals surface area contributed by atoms with Crippen LogP contribution in [-0.4, -0.2) is 0 Å². The number of hydrogen-bond donors (Lipinski definition) is 0. The first-order chi connectivity index (χ1) is 20.8. The van der Waals surface area contributed by atoms with Crippen molar-refractivity contribution in [2.75, 3.05) is 0 Å². The number of rotatable bonds is 4. The second-order valence-electron chi connectivity index (χ2n) is 11.2. The van der Waals surface area contributed by atoms with E-state index in [4.69, 9.17) is 0 Å². The Hall–Kier alpha value is -5.20. The molecule has 0 saturated heterocycles. The van der Waals surface area contributed by atoms with Gasteiger partial charge in [0.05, 0.1) is 0 Å². The number of allylic oxidation sites excluding steroid dienone is 4. The highest BCUT2D eigenvalue weighted by atomic mass is 14.2. The van der Waals surface area contributed by atoms with E-state index >= 15 is 0 Å². The van der Waals surface area contributed by atoms with Crippen molar-refractivity contribution >= 4 is 37.9 Å². The predicted molar refractivity (Wildman–Crippen MR) is 182 cm³/mol. The molecule has 7 aromatic carbocycles. The lowest BCUT2D eigenvalue weighted by Crippen LogP contribution is -1.91. The van der Waals surface area contributed by atoms with Crippen LogP contribution in [0.1, 0.15) is 18.4 Å². The smallest absolute Gasteiger partial charge is 0.00262 e. The Bertz CT molecular complexity index is 2130. The summed E-state index contributed by atoms with van der Waals surface area (Å²) in [6.45, 7) is 0. The fourth-order valence-corrected chi connectivity index (χ4v) is 6.66. The Morgan fingerprint density at radius 1 is 0.357 bits per heavy atom. The molecule has 0 aliphatic heterocycles. The molecule has 0 heteroatoms. The minimum atomic E-state index is 1.11. The van der Waals surface area contributed by atoms with Gasteiger partial charge in [-0.1, -0.05) is 140 Å². The third-order valence-electron chi connectivity index (χ3n) is 8.65. The standard InChI is InChI=1S/C42H30/c1-2-12-29(13-3-1)32-16-10-17-33(26-32)34-18-11-19-35(28-34)41-37-20-6-8-22-39(37)42(40-23-9-7-21-38(40)41)36-25-24-30-14-4-5-15-31(30)27-36/h2,4-28H,1,3H2. The van der Waals surface area contributed by atoms with Crippen LogP contribution in [-0.2, 0) is 0 Å². The van der Waals surface area contributed by atoms with E-state index in [1.54, 1.807) is 0 Å². The van der Waals surface area contributed by atoms with E-state index in [0.717, 1.165) is 12.8 Å². The van der Waals surface area contributed by atoms with Crippen molar-refractivity contribution in [1.82, 2.24) is 0 Å². The Labute approximate surface area is 246 Å². The highest BCUT2D eigenvalue weighted by molar-refractivity contribution is 6.21. The average Bonchev–Trinajstić information content (AvgIpc) is 3.07. The van der Waals surface area contributed by atoms with E-state index in [9.17, 15) is 0 Å². The van der Waals surface area contributed by atoms with E-state index in [2.05, 4.69) is 158 Å². The molecule has 0 saturated carbocycles. The Morgan fingerprint density at radius 3 is 1.50 bits per heavy atom. The molecule has 0 spiro atoms. The molecule has 8 rings (SSSR count). The average molecular weight is 535 g/mol. The molecule has 0 nitrogen and oxygen atoms in total. The monoisotopic (exact) mass is 534 g/mol. The zero-order valence-electron chi connectivity index (χ0n) is 23.4. The van der Waals surface area contributed by atoms with Gasteiger partial charge in [0.25, 0.3) is 0 Å². The molecule has 0 amide bonds. The minimum Gasteiger partial charge on any atom is -0.0836 e. The van der Waals surface area contributed by atoms with Gasteiger partial charge in [-0.05, 0) is 108 Å². The molecule has 0 heterocycles. The van der Waals surface area contributed by atoms with Gasteiger partial charge in [-0.2, -0.15) is 0 Å². The summed E-state index contributed by atoms with van der Waals surface area (Å²) in [5.41, 5.74) is 10.2. The number of benzene rings is 7. The molecule has 1 aliphatic rings. The molecule has 1 aliphatic carbocycles. The summed E-state index contributed by atoms with van der Waals surface area (Å²) < 4.78 is 0. The number of fused-ring (bicyclic) bond motifs is 3. The van der Waals surface area contributed by atoms with Crippen molar-refractivity contribution in [3.05, 3.63) is 163 Å². The van der Waals surface area contributed by atoms with Crippen molar-refractivity contribution in [3.63, 3.8) is 0 Å². The van der Waals surface area contributed by atoms with E-state index in [1.807, 2.05) is 0 Å². The summed E-state index contributed by atoms with van der Waals surface area (Å²) in [4.78, 5) is 0. The molecule has 0 atom stereocenters. The molecule has 7 aromatic rings. The first-order valence-electron chi connectivity index (χ1n) is 14.8. The van der Waals surface area contributed by atoms with Gasteiger partial charge in [0, 0.05) is 0 Å². The molecule has 198 valence electrons. The molecule has 0 fully saturated rings. The van der Waals surface area contributed by atoms with Crippen LogP contribution in [0.25, 0.3) is 71.3 Å². The van der Waals surface area contributed by atoms with Crippen LogP contribution in [0.2, 0.25) is 0 Å². The fourth-order valence-electron chi connectivity index (χ4n) is 6.66. The van der Waals surface area contributed by atoms with Crippen LogP contribution in [0.4, 0.5) is 0 Å². The summed E-state index contributed by atoms with van der Waals surface area (Å²) in [7, 11) is 0.